The molecule has 32 valence electrons. The maximum Gasteiger partial charge on any atom is 0.146 e. The SMILES string of the molecule is C=CC[SiH2]C#N. The van der Waals surface area contributed by atoms with Gasteiger partial charge >= 0.3 is 0 Å². The molecule has 0 bridgehead atoms. The second kappa shape index (κ2) is 4.45. The first-order valence-corrected chi connectivity index (χ1v) is 3.60. The van der Waals surface area contributed by atoms with Crippen molar-refractivity contribution in [1.82, 2.24) is 0 Å². The first-order valence-electron chi connectivity index (χ1n) is 1.89. The summed E-state index contributed by atoms with van der Waals surface area (Å²) in [7, 11) is -0.391. The van der Waals surface area contributed by atoms with Crippen molar-refractivity contribution in [1.29, 1.82) is 5.26 Å². The van der Waals surface area contributed by atoms with E-state index in [1.807, 2.05) is 0 Å². The van der Waals surface area contributed by atoms with Crippen LogP contribution in [0.1, 0.15) is 0 Å². The highest BCUT2D eigenvalue weighted by molar-refractivity contribution is 6.45. The van der Waals surface area contributed by atoms with Gasteiger partial charge in [-0.2, -0.15) is 0 Å². The van der Waals surface area contributed by atoms with E-state index in [0.717, 1.165) is 6.04 Å². The molecule has 0 aliphatic carbocycles. The quantitative estimate of drug-likeness (QED) is 0.275. The van der Waals surface area contributed by atoms with Crippen LogP contribution in [-0.2, 0) is 0 Å². The van der Waals surface area contributed by atoms with E-state index in [1.165, 1.54) is 0 Å². The highest BCUT2D eigenvalue weighted by Gasteiger charge is 1.72. The smallest absolute Gasteiger partial charge is 0.146 e. The molecule has 0 aromatic rings. The fourth-order valence-electron chi connectivity index (χ4n) is 0.167. The Hall–Kier alpha value is -0.553. The standard InChI is InChI=1S/C4H7NSi/c1-2-3-6-4-5/h2H,1,3,6H2. The number of rotatable bonds is 2. The van der Waals surface area contributed by atoms with Crippen molar-refractivity contribution in [3.8, 4) is 5.69 Å². The first-order chi connectivity index (χ1) is 2.91. The van der Waals surface area contributed by atoms with Crippen molar-refractivity contribution in [3.05, 3.63) is 12.7 Å². The van der Waals surface area contributed by atoms with E-state index < -0.39 is 9.52 Å². The summed E-state index contributed by atoms with van der Waals surface area (Å²) in [5.74, 6) is 0. The Morgan fingerprint density at radius 3 is 2.83 bits per heavy atom. The Balaban J connectivity index is 2.72. The van der Waals surface area contributed by atoms with Crippen LogP contribution in [0, 0.1) is 11.0 Å². The van der Waals surface area contributed by atoms with Gasteiger partial charge in [-0.1, -0.05) is 6.08 Å². The second-order valence-electron chi connectivity index (χ2n) is 0.985. The second-order valence-corrected chi connectivity index (χ2v) is 2.38. The lowest BCUT2D eigenvalue weighted by molar-refractivity contribution is 1.55. The van der Waals surface area contributed by atoms with Gasteiger partial charge in [-0.3, -0.25) is 0 Å². The topological polar surface area (TPSA) is 23.8 Å². The van der Waals surface area contributed by atoms with E-state index in [4.69, 9.17) is 5.26 Å². The molecule has 0 atom stereocenters. The predicted octanol–water partition coefficient (Wildman–Crippen LogP) is 0.241. The van der Waals surface area contributed by atoms with Gasteiger partial charge in [-0.05, 0) is 6.04 Å². The average molecular weight is 97.2 g/mol. The zero-order valence-corrected chi connectivity index (χ0v) is 5.06. The lowest BCUT2D eigenvalue weighted by Gasteiger charge is -1.68. The van der Waals surface area contributed by atoms with Crippen LogP contribution in [-0.4, -0.2) is 9.52 Å². The van der Waals surface area contributed by atoms with E-state index in [2.05, 4.69) is 12.3 Å². The van der Waals surface area contributed by atoms with Gasteiger partial charge in [0.25, 0.3) is 0 Å². The number of hydrogen-bond donors (Lipinski definition) is 0. The van der Waals surface area contributed by atoms with Crippen LogP contribution in [0.3, 0.4) is 0 Å². The first kappa shape index (κ1) is 5.45. The van der Waals surface area contributed by atoms with Crippen molar-refractivity contribution in [2.45, 2.75) is 6.04 Å². The van der Waals surface area contributed by atoms with Crippen LogP contribution in [0.4, 0.5) is 0 Å². The molecule has 6 heavy (non-hydrogen) atoms. The molecule has 0 aliphatic rings. The van der Waals surface area contributed by atoms with Gasteiger partial charge in [0.2, 0.25) is 0 Å². The lowest BCUT2D eigenvalue weighted by Crippen LogP contribution is -1.75. The number of nitriles is 1. The minimum atomic E-state index is -0.391. The molecule has 0 rings (SSSR count). The number of allylic oxidation sites excluding steroid dienone is 1. The fraction of sp³-hybridized carbons (Fsp3) is 0.250. The highest BCUT2D eigenvalue weighted by Crippen LogP contribution is 1.72. The highest BCUT2D eigenvalue weighted by atomic mass is 28.2. The van der Waals surface area contributed by atoms with Gasteiger partial charge in [0.15, 0.2) is 0 Å². The Morgan fingerprint density at radius 1 is 2.00 bits per heavy atom. The molecular weight excluding hydrogens is 90.1 g/mol. The molecule has 0 aliphatic heterocycles. The van der Waals surface area contributed by atoms with Gasteiger partial charge in [-0.15, -0.1) is 6.58 Å². The molecule has 0 unspecified atom stereocenters. The normalized spacial score (nSPS) is 8.50. The van der Waals surface area contributed by atoms with Gasteiger partial charge in [-0.25, -0.2) is 5.26 Å². The van der Waals surface area contributed by atoms with Crippen molar-refractivity contribution in [2.24, 2.45) is 0 Å². The summed E-state index contributed by atoms with van der Waals surface area (Å²) in [4.78, 5) is 0. The lowest BCUT2D eigenvalue weighted by atomic mass is 10.8. The molecule has 1 nitrogen and oxygen atoms in total. The molecule has 0 saturated carbocycles. The van der Waals surface area contributed by atoms with Crippen molar-refractivity contribution >= 4 is 9.52 Å². The van der Waals surface area contributed by atoms with Crippen LogP contribution in [0.25, 0.3) is 0 Å². The zero-order chi connectivity index (χ0) is 4.83. The van der Waals surface area contributed by atoms with Gasteiger partial charge in [0, 0.05) is 5.69 Å². The van der Waals surface area contributed by atoms with Crippen LogP contribution in [0.2, 0.25) is 6.04 Å². The molecule has 0 heterocycles. The van der Waals surface area contributed by atoms with E-state index in [0.29, 0.717) is 0 Å². The molecule has 0 fully saturated rings. The molecule has 0 spiro atoms. The summed E-state index contributed by atoms with van der Waals surface area (Å²) in [5.41, 5.74) is 2.14. The van der Waals surface area contributed by atoms with Crippen LogP contribution in [0.5, 0.6) is 0 Å². The Labute approximate surface area is 40.1 Å². The summed E-state index contributed by atoms with van der Waals surface area (Å²) >= 11 is 0. The number of nitrogens with zero attached hydrogens (tertiary/aromatic N) is 1. The number of hydrogen-bond acceptors (Lipinski definition) is 1. The van der Waals surface area contributed by atoms with E-state index in [1.54, 1.807) is 6.08 Å². The van der Waals surface area contributed by atoms with Crippen molar-refractivity contribution < 1.29 is 0 Å². The maximum atomic E-state index is 7.96. The Bertz CT molecular complexity index is 72.1. The van der Waals surface area contributed by atoms with Gasteiger partial charge in [0.05, 0.1) is 0 Å². The zero-order valence-electron chi connectivity index (χ0n) is 3.65. The summed E-state index contributed by atoms with van der Waals surface area (Å²) in [6.07, 6.45) is 1.80. The van der Waals surface area contributed by atoms with Gasteiger partial charge < -0.3 is 0 Å². The molecule has 0 aromatic carbocycles. The molecule has 0 saturated heterocycles. The van der Waals surface area contributed by atoms with Crippen LogP contribution >= 0.6 is 0 Å². The average Bonchev–Trinajstić information content (AvgIpc) is 1.61. The molecule has 2 heteroatoms. The predicted molar refractivity (Wildman–Crippen MR) is 29.2 cm³/mol. The van der Waals surface area contributed by atoms with E-state index in [-0.39, 0.29) is 0 Å². The minimum absolute atomic E-state index is 0.391. The van der Waals surface area contributed by atoms with Crippen molar-refractivity contribution in [3.63, 3.8) is 0 Å². The largest absolute Gasteiger partial charge is 0.207 e. The molecule has 0 N–H and O–H groups in total. The summed E-state index contributed by atoms with van der Waals surface area (Å²) < 4.78 is 0. The Kier molecular flexibility index (Phi) is 4.04. The summed E-state index contributed by atoms with van der Waals surface area (Å²) in [6, 6.07) is 0.955. The Morgan fingerprint density at radius 2 is 2.67 bits per heavy atom. The van der Waals surface area contributed by atoms with E-state index >= 15 is 0 Å². The maximum absolute atomic E-state index is 7.96. The third-order valence-electron chi connectivity index (χ3n) is 0.460. The molecule has 0 aromatic heterocycles. The van der Waals surface area contributed by atoms with Crippen molar-refractivity contribution in [2.75, 3.05) is 0 Å². The van der Waals surface area contributed by atoms with Crippen LogP contribution in [0.15, 0.2) is 12.7 Å². The van der Waals surface area contributed by atoms with E-state index in [9.17, 15) is 0 Å². The van der Waals surface area contributed by atoms with Gasteiger partial charge in [0.1, 0.15) is 9.52 Å². The minimum Gasteiger partial charge on any atom is -0.207 e. The monoisotopic (exact) mass is 97.0 g/mol. The van der Waals surface area contributed by atoms with Crippen LogP contribution < -0.4 is 0 Å². The third kappa shape index (κ3) is 3.45. The summed E-state index contributed by atoms with van der Waals surface area (Å²) in [5, 5.41) is 7.96. The molecular formula is C4H7NSi. The fourth-order valence-corrected chi connectivity index (χ4v) is 0.500. The third-order valence-corrected chi connectivity index (χ3v) is 1.38. The summed E-state index contributed by atoms with van der Waals surface area (Å²) in [6.45, 7) is 3.48. The molecule has 0 amide bonds. The molecule has 0 radical (unpaired) electrons.